The summed E-state index contributed by atoms with van der Waals surface area (Å²) in [4.78, 5) is 30.1. The Morgan fingerprint density at radius 2 is 1.90 bits per heavy atom. The number of benzene rings is 2. The van der Waals surface area contributed by atoms with Crippen molar-refractivity contribution in [2.75, 3.05) is 5.32 Å². The second-order valence-corrected chi connectivity index (χ2v) is 6.64. The smallest absolute Gasteiger partial charge is 0.273 e. The van der Waals surface area contributed by atoms with Crippen LogP contribution in [0.1, 0.15) is 15.9 Å². The average Bonchev–Trinajstić information content (AvgIpc) is 2.71. The number of hydrogen-bond donors (Lipinski definition) is 2. The van der Waals surface area contributed by atoms with Crippen molar-refractivity contribution in [2.45, 2.75) is 6.92 Å². The minimum absolute atomic E-state index is 0.0588. The Morgan fingerprint density at radius 3 is 2.63 bits per heavy atom. The van der Waals surface area contributed by atoms with E-state index in [-0.39, 0.29) is 22.4 Å². The van der Waals surface area contributed by atoms with Crippen molar-refractivity contribution in [3.05, 3.63) is 93.9 Å². The van der Waals surface area contributed by atoms with Crippen molar-refractivity contribution in [2.24, 2.45) is 0 Å². The summed E-state index contributed by atoms with van der Waals surface area (Å²) in [5.41, 5.74) is -0.760. The molecule has 0 aliphatic rings. The first-order valence-corrected chi connectivity index (χ1v) is 8.93. The molecule has 8 heteroatoms. The Hall–Kier alpha value is -4.07. The highest BCUT2D eigenvalue weighted by molar-refractivity contribution is 6.09. The third kappa shape index (κ3) is 3.28. The first-order chi connectivity index (χ1) is 14.4. The highest BCUT2D eigenvalue weighted by atomic mass is 19.1. The number of aryl methyl sites for hydroxylation is 1. The molecule has 2 aromatic heterocycles. The second-order valence-electron chi connectivity index (χ2n) is 6.64. The lowest BCUT2D eigenvalue weighted by Gasteiger charge is -2.14. The third-order valence-corrected chi connectivity index (χ3v) is 4.63. The Bertz CT molecular complexity index is 1370. The highest BCUT2D eigenvalue weighted by Gasteiger charge is 2.24. The van der Waals surface area contributed by atoms with Crippen LogP contribution >= 0.6 is 0 Å². The summed E-state index contributed by atoms with van der Waals surface area (Å²) in [6, 6.07) is 12.3. The normalized spacial score (nSPS) is 10.9. The maximum absolute atomic E-state index is 13.8. The largest absolute Gasteiger partial charge is 0.506 e. The topological polar surface area (TPSA) is 84.2 Å². The fraction of sp³-hybridized carbons (Fsp3) is 0.0455. The molecule has 2 heterocycles. The van der Waals surface area contributed by atoms with Gasteiger partial charge in [0.25, 0.3) is 11.5 Å². The summed E-state index contributed by atoms with van der Waals surface area (Å²) in [5, 5.41) is 13.2. The molecule has 0 fully saturated rings. The van der Waals surface area contributed by atoms with Crippen LogP contribution in [-0.2, 0) is 0 Å². The third-order valence-electron chi connectivity index (χ3n) is 4.63. The number of aromatic hydroxyl groups is 1. The number of amides is 1. The number of anilines is 1. The van der Waals surface area contributed by atoms with E-state index < -0.39 is 34.4 Å². The molecule has 0 bridgehead atoms. The molecule has 0 saturated heterocycles. The van der Waals surface area contributed by atoms with Crippen molar-refractivity contribution >= 4 is 22.6 Å². The van der Waals surface area contributed by atoms with Gasteiger partial charge in [0.05, 0.1) is 11.1 Å². The average molecular weight is 407 g/mol. The lowest BCUT2D eigenvalue weighted by atomic mass is 10.1. The summed E-state index contributed by atoms with van der Waals surface area (Å²) in [7, 11) is 0. The van der Waals surface area contributed by atoms with Crippen molar-refractivity contribution < 1.29 is 18.7 Å². The van der Waals surface area contributed by atoms with E-state index in [1.807, 2.05) is 0 Å². The minimum atomic E-state index is -0.934. The number of carbonyl (C=O) groups excluding carboxylic acids is 1. The van der Waals surface area contributed by atoms with Crippen LogP contribution in [0.2, 0.25) is 0 Å². The Morgan fingerprint density at radius 1 is 1.10 bits per heavy atom. The number of aromatic nitrogens is 2. The molecular weight excluding hydrogens is 392 g/mol. The number of pyridine rings is 2. The zero-order valence-corrected chi connectivity index (χ0v) is 15.7. The van der Waals surface area contributed by atoms with E-state index in [4.69, 9.17) is 0 Å². The molecule has 30 heavy (non-hydrogen) atoms. The van der Waals surface area contributed by atoms with Crippen LogP contribution in [0.25, 0.3) is 16.7 Å². The Kier molecular flexibility index (Phi) is 4.75. The molecule has 1 amide bonds. The molecule has 0 aliphatic heterocycles. The van der Waals surface area contributed by atoms with Gasteiger partial charge in [0, 0.05) is 11.9 Å². The van der Waals surface area contributed by atoms with Gasteiger partial charge >= 0.3 is 0 Å². The van der Waals surface area contributed by atoms with E-state index in [2.05, 4.69) is 10.3 Å². The van der Waals surface area contributed by atoms with Gasteiger partial charge in [-0.2, -0.15) is 0 Å². The van der Waals surface area contributed by atoms with Gasteiger partial charge in [0.15, 0.2) is 5.65 Å². The molecule has 150 valence electrons. The molecule has 0 atom stereocenters. The van der Waals surface area contributed by atoms with Gasteiger partial charge in [-0.05, 0) is 55.0 Å². The molecular formula is C22H15F2N3O3. The number of carbonyl (C=O) groups is 1. The second kappa shape index (κ2) is 7.40. The van der Waals surface area contributed by atoms with E-state index in [1.165, 1.54) is 48.7 Å². The van der Waals surface area contributed by atoms with E-state index in [1.54, 1.807) is 6.92 Å². The van der Waals surface area contributed by atoms with Crippen LogP contribution in [0.4, 0.5) is 14.5 Å². The molecule has 4 rings (SSSR count). The number of nitrogens with zero attached hydrogens (tertiary/aromatic N) is 2. The number of hydrogen-bond acceptors (Lipinski definition) is 4. The molecule has 0 unspecified atom stereocenters. The summed E-state index contributed by atoms with van der Waals surface area (Å²) >= 11 is 0. The number of fused-ring (bicyclic) bond motifs is 1. The van der Waals surface area contributed by atoms with Crippen LogP contribution in [0.5, 0.6) is 5.75 Å². The molecule has 2 N–H and O–H groups in total. The van der Waals surface area contributed by atoms with Crippen LogP contribution < -0.4 is 10.9 Å². The number of rotatable bonds is 3. The summed E-state index contributed by atoms with van der Waals surface area (Å²) in [6.07, 6.45) is 1.41. The predicted octanol–water partition coefficient (Wildman–Crippen LogP) is 3.93. The zero-order valence-electron chi connectivity index (χ0n) is 15.7. The van der Waals surface area contributed by atoms with Crippen molar-refractivity contribution in [1.82, 2.24) is 9.55 Å². The van der Waals surface area contributed by atoms with Gasteiger partial charge in [-0.25, -0.2) is 13.8 Å². The van der Waals surface area contributed by atoms with Gasteiger partial charge in [-0.15, -0.1) is 0 Å². The Balaban J connectivity index is 1.93. The molecule has 2 aromatic carbocycles. The van der Waals surface area contributed by atoms with Gasteiger partial charge < -0.3 is 10.4 Å². The maximum Gasteiger partial charge on any atom is 0.273 e. The summed E-state index contributed by atoms with van der Waals surface area (Å²) in [5.74, 6) is -2.62. The first-order valence-electron chi connectivity index (χ1n) is 8.93. The number of halogens is 2. The number of nitrogens with one attached hydrogen (secondary N) is 1. The van der Waals surface area contributed by atoms with E-state index >= 15 is 0 Å². The lowest BCUT2D eigenvalue weighted by molar-refractivity contribution is 0.102. The van der Waals surface area contributed by atoms with Crippen molar-refractivity contribution in [1.29, 1.82) is 0 Å². The molecule has 0 spiro atoms. The minimum Gasteiger partial charge on any atom is -0.506 e. The van der Waals surface area contributed by atoms with Gasteiger partial charge in [0.1, 0.15) is 22.9 Å². The van der Waals surface area contributed by atoms with Gasteiger partial charge in [-0.3, -0.25) is 14.2 Å². The van der Waals surface area contributed by atoms with E-state index in [9.17, 15) is 23.5 Å². The van der Waals surface area contributed by atoms with Crippen LogP contribution in [-0.4, -0.2) is 20.6 Å². The van der Waals surface area contributed by atoms with Gasteiger partial charge in [0.2, 0.25) is 0 Å². The molecule has 6 nitrogen and oxygen atoms in total. The molecule has 0 saturated carbocycles. The lowest BCUT2D eigenvalue weighted by Crippen LogP contribution is -2.29. The molecule has 0 radical (unpaired) electrons. The van der Waals surface area contributed by atoms with E-state index in [0.717, 1.165) is 16.7 Å². The van der Waals surface area contributed by atoms with Crippen LogP contribution in [0.15, 0.2) is 65.6 Å². The van der Waals surface area contributed by atoms with Crippen molar-refractivity contribution in [3.63, 3.8) is 0 Å². The fourth-order valence-corrected chi connectivity index (χ4v) is 3.13. The summed E-state index contributed by atoms with van der Waals surface area (Å²) < 4.78 is 28.6. The van der Waals surface area contributed by atoms with Crippen LogP contribution in [0.3, 0.4) is 0 Å². The monoisotopic (exact) mass is 407 g/mol. The van der Waals surface area contributed by atoms with Crippen molar-refractivity contribution in [3.8, 4) is 11.4 Å². The maximum atomic E-state index is 13.8. The Labute approximate surface area is 169 Å². The fourth-order valence-electron chi connectivity index (χ4n) is 3.13. The molecule has 0 aliphatic carbocycles. The molecule has 4 aromatic rings. The highest BCUT2D eigenvalue weighted by Crippen LogP contribution is 2.27. The standard InChI is InChI=1S/C22H15F2N3O3/c1-12-7-8-14(11-17(12)24)26-21(29)18-19(28)16-6-3-9-25-20(16)27(22(18)30)15-5-2-4-13(23)10-15/h2-11,28H,1H3,(H,26,29). The van der Waals surface area contributed by atoms with Gasteiger partial charge in [-0.1, -0.05) is 12.1 Å². The predicted molar refractivity (Wildman–Crippen MR) is 108 cm³/mol. The van der Waals surface area contributed by atoms with E-state index in [0.29, 0.717) is 5.56 Å². The zero-order chi connectivity index (χ0) is 21.4. The van der Waals surface area contributed by atoms with Crippen LogP contribution in [0, 0.1) is 18.6 Å². The first kappa shape index (κ1) is 19.3. The quantitative estimate of drug-likeness (QED) is 0.539. The SMILES string of the molecule is Cc1ccc(NC(=O)c2c(O)c3cccnc3n(-c3cccc(F)c3)c2=O)cc1F. The summed E-state index contributed by atoms with van der Waals surface area (Å²) in [6.45, 7) is 1.57.